The van der Waals surface area contributed by atoms with E-state index in [1.165, 1.54) is 4.68 Å². The summed E-state index contributed by atoms with van der Waals surface area (Å²) in [6, 6.07) is 14.8. The number of carboxylic acid groups (broad SMARTS) is 1. The molecule has 2 aromatic carbocycles. The van der Waals surface area contributed by atoms with Crippen LogP contribution < -0.4 is 10.9 Å². The SMILES string of the molecule is O=C(CCN1CCC[C@@H]1Cn1nc(Cc2ccc(Cl)cc2)c2ccccc2c1=O)NCC(F)(F)F.O=C(O)C(F)(F)F. The summed E-state index contributed by atoms with van der Waals surface area (Å²) >= 11 is 6.01. The molecule has 228 valence electrons. The lowest BCUT2D eigenvalue weighted by atomic mass is 10.0. The zero-order chi connectivity index (χ0) is 31.1. The first-order chi connectivity index (χ1) is 19.6. The van der Waals surface area contributed by atoms with Gasteiger partial charge in [0.05, 0.1) is 17.6 Å². The number of aliphatic carboxylic acids is 1. The average molecular weight is 621 g/mol. The maximum atomic E-state index is 13.2. The molecule has 2 heterocycles. The van der Waals surface area contributed by atoms with Crippen molar-refractivity contribution in [2.45, 2.75) is 50.6 Å². The van der Waals surface area contributed by atoms with Gasteiger partial charge in [0.1, 0.15) is 6.54 Å². The second kappa shape index (κ2) is 14.0. The van der Waals surface area contributed by atoms with E-state index in [4.69, 9.17) is 26.6 Å². The lowest BCUT2D eigenvalue weighted by Crippen LogP contribution is -2.40. The average Bonchev–Trinajstić information content (AvgIpc) is 3.36. The van der Waals surface area contributed by atoms with Crippen LogP contribution in [-0.4, -0.2) is 69.7 Å². The number of aromatic nitrogens is 2. The van der Waals surface area contributed by atoms with Crippen LogP contribution in [-0.2, 0) is 22.6 Å². The minimum absolute atomic E-state index is 0.0276. The molecule has 1 saturated heterocycles. The molecule has 1 aliphatic heterocycles. The normalized spacial score (nSPS) is 15.7. The molecular weight excluding hydrogens is 594 g/mol. The Morgan fingerprint density at radius 2 is 1.64 bits per heavy atom. The predicted octanol–water partition coefficient (Wildman–Crippen LogP) is 4.81. The minimum atomic E-state index is -5.08. The first kappa shape index (κ1) is 32.9. The summed E-state index contributed by atoms with van der Waals surface area (Å²) in [5, 5.41) is 15.8. The summed E-state index contributed by atoms with van der Waals surface area (Å²) in [6.07, 6.45) is -7.31. The number of nitrogens with zero attached hydrogens (tertiary/aromatic N) is 3. The molecule has 2 N–H and O–H groups in total. The number of amides is 1. The number of carbonyl (C=O) groups is 2. The van der Waals surface area contributed by atoms with Gasteiger partial charge in [-0.05, 0) is 43.1 Å². The van der Waals surface area contributed by atoms with E-state index >= 15 is 0 Å². The van der Waals surface area contributed by atoms with E-state index in [-0.39, 0.29) is 18.0 Å². The molecule has 0 bridgehead atoms. The summed E-state index contributed by atoms with van der Waals surface area (Å²) in [5.41, 5.74) is 1.61. The predicted molar refractivity (Wildman–Crippen MR) is 142 cm³/mol. The van der Waals surface area contributed by atoms with Gasteiger partial charge in [-0.15, -0.1) is 0 Å². The van der Waals surface area contributed by atoms with Crippen molar-refractivity contribution < 1.29 is 41.0 Å². The molecule has 0 spiro atoms. The fourth-order valence-electron chi connectivity index (χ4n) is 4.48. The Labute approximate surface area is 240 Å². The Hall–Kier alpha value is -3.65. The van der Waals surface area contributed by atoms with Gasteiger partial charge in [-0.2, -0.15) is 31.4 Å². The topological polar surface area (TPSA) is 105 Å². The first-order valence-corrected chi connectivity index (χ1v) is 13.1. The second-order valence-electron chi connectivity index (χ2n) is 9.56. The van der Waals surface area contributed by atoms with Crippen molar-refractivity contribution in [2.75, 3.05) is 19.6 Å². The third kappa shape index (κ3) is 9.72. The van der Waals surface area contributed by atoms with Gasteiger partial charge in [0.15, 0.2) is 0 Å². The van der Waals surface area contributed by atoms with Crippen LogP contribution in [0.25, 0.3) is 10.8 Å². The molecule has 3 aromatic rings. The van der Waals surface area contributed by atoms with Crippen LogP contribution in [0.15, 0.2) is 53.3 Å². The van der Waals surface area contributed by atoms with Gasteiger partial charge in [0, 0.05) is 35.8 Å². The van der Waals surface area contributed by atoms with Gasteiger partial charge in [0.2, 0.25) is 5.91 Å². The number of rotatable bonds is 8. The van der Waals surface area contributed by atoms with Crippen LogP contribution in [0.5, 0.6) is 0 Å². The van der Waals surface area contributed by atoms with Crippen molar-refractivity contribution in [3.8, 4) is 0 Å². The molecule has 1 amide bonds. The maximum Gasteiger partial charge on any atom is 0.490 e. The minimum Gasteiger partial charge on any atom is -0.475 e. The molecule has 42 heavy (non-hydrogen) atoms. The summed E-state index contributed by atoms with van der Waals surface area (Å²) in [5.74, 6) is -3.40. The van der Waals surface area contributed by atoms with Gasteiger partial charge < -0.3 is 10.4 Å². The summed E-state index contributed by atoms with van der Waals surface area (Å²) in [4.78, 5) is 36.0. The highest BCUT2D eigenvalue weighted by Crippen LogP contribution is 2.22. The Balaban J connectivity index is 0.000000616. The van der Waals surface area contributed by atoms with E-state index < -0.39 is 30.8 Å². The summed E-state index contributed by atoms with van der Waals surface area (Å²) in [6.45, 7) is 0.0645. The number of carbonyl (C=O) groups excluding carboxylic acids is 1. The number of likely N-dealkylation sites (tertiary alicyclic amines) is 1. The Morgan fingerprint density at radius 3 is 2.24 bits per heavy atom. The van der Waals surface area contributed by atoms with E-state index in [0.717, 1.165) is 36.0 Å². The van der Waals surface area contributed by atoms with E-state index in [1.807, 2.05) is 47.8 Å². The van der Waals surface area contributed by atoms with E-state index in [9.17, 15) is 35.9 Å². The Morgan fingerprint density at radius 1 is 1.02 bits per heavy atom. The van der Waals surface area contributed by atoms with Crippen molar-refractivity contribution >= 4 is 34.2 Å². The first-order valence-electron chi connectivity index (χ1n) is 12.7. The molecule has 1 aliphatic rings. The second-order valence-corrected chi connectivity index (χ2v) is 10.00. The fraction of sp³-hybridized carbons (Fsp3) is 0.407. The highest BCUT2D eigenvalue weighted by molar-refractivity contribution is 6.30. The maximum absolute atomic E-state index is 13.2. The van der Waals surface area contributed by atoms with Crippen LogP contribution in [0.3, 0.4) is 0 Å². The van der Waals surface area contributed by atoms with Crippen molar-refractivity contribution in [1.29, 1.82) is 0 Å². The highest BCUT2D eigenvalue weighted by atomic mass is 35.5. The van der Waals surface area contributed by atoms with Crippen molar-refractivity contribution in [1.82, 2.24) is 20.0 Å². The third-order valence-corrected chi connectivity index (χ3v) is 6.72. The quantitative estimate of drug-likeness (QED) is 0.351. The van der Waals surface area contributed by atoms with Crippen LogP contribution in [0, 0.1) is 0 Å². The standard InChI is InChI=1S/C25H26ClF3N4O2.C2HF3O2/c26-18-9-7-17(8-10-18)14-22-20-5-1-2-6-21(20)24(35)33(31-22)15-19-4-3-12-32(19)13-11-23(34)30-16-25(27,28)29;3-2(4,5)1(6)7/h1-2,5-10,19H,3-4,11-16H2,(H,30,34);(H,6,7)/t19-;/m1./s1. The molecule has 4 rings (SSSR count). The van der Waals surface area contributed by atoms with Gasteiger partial charge in [-0.3, -0.25) is 14.5 Å². The molecule has 1 atom stereocenters. The number of hydrogen-bond acceptors (Lipinski definition) is 5. The Kier molecular flexibility index (Phi) is 11.0. The van der Waals surface area contributed by atoms with Crippen LogP contribution in [0.2, 0.25) is 5.02 Å². The van der Waals surface area contributed by atoms with E-state index in [1.54, 1.807) is 6.07 Å². The molecule has 15 heteroatoms. The number of fused-ring (bicyclic) bond motifs is 1. The van der Waals surface area contributed by atoms with Gasteiger partial charge in [0.25, 0.3) is 5.56 Å². The third-order valence-electron chi connectivity index (χ3n) is 6.47. The van der Waals surface area contributed by atoms with E-state index in [2.05, 4.69) is 4.90 Å². The molecule has 0 saturated carbocycles. The highest BCUT2D eigenvalue weighted by Gasteiger charge is 2.38. The van der Waals surface area contributed by atoms with Gasteiger partial charge >= 0.3 is 18.3 Å². The van der Waals surface area contributed by atoms with Gasteiger partial charge in [-0.1, -0.05) is 41.9 Å². The number of benzene rings is 2. The molecule has 8 nitrogen and oxygen atoms in total. The molecular formula is C27H27ClF6N4O4. The van der Waals surface area contributed by atoms with Crippen molar-refractivity contribution in [3.63, 3.8) is 0 Å². The zero-order valence-electron chi connectivity index (χ0n) is 22.0. The lowest BCUT2D eigenvalue weighted by molar-refractivity contribution is -0.192. The van der Waals surface area contributed by atoms with Crippen LogP contribution >= 0.6 is 11.6 Å². The molecule has 1 aromatic heterocycles. The number of carboxylic acids is 1. The van der Waals surface area contributed by atoms with Crippen molar-refractivity contribution in [2.24, 2.45) is 0 Å². The van der Waals surface area contributed by atoms with Crippen LogP contribution in [0.4, 0.5) is 26.3 Å². The molecule has 0 radical (unpaired) electrons. The summed E-state index contributed by atoms with van der Waals surface area (Å²) in [7, 11) is 0. The van der Waals surface area contributed by atoms with Crippen LogP contribution in [0.1, 0.15) is 30.5 Å². The number of halogens is 7. The summed E-state index contributed by atoms with van der Waals surface area (Å²) < 4.78 is 70.2. The Bertz CT molecular complexity index is 1440. The molecule has 1 fully saturated rings. The number of hydrogen-bond donors (Lipinski definition) is 2. The molecule has 0 aliphatic carbocycles. The smallest absolute Gasteiger partial charge is 0.475 e. The fourth-order valence-corrected chi connectivity index (χ4v) is 4.61. The molecule has 0 unspecified atom stereocenters. The largest absolute Gasteiger partial charge is 0.490 e. The zero-order valence-corrected chi connectivity index (χ0v) is 22.8. The number of alkyl halides is 6. The monoisotopic (exact) mass is 620 g/mol. The van der Waals surface area contributed by atoms with Gasteiger partial charge in [-0.25, -0.2) is 9.48 Å². The van der Waals surface area contributed by atoms with Crippen molar-refractivity contribution in [3.05, 3.63) is 75.2 Å². The lowest BCUT2D eigenvalue weighted by Gasteiger charge is -2.25. The van der Waals surface area contributed by atoms with E-state index in [0.29, 0.717) is 29.9 Å². The number of nitrogens with one attached hydrogen (secondary N) is 1.